The third-order valence-electron chi connectivity index (χ3n) is 5.24. The highest BCUT2D eigenvalue weighted by Gasteiger charge is 2.32. The molecule has 0 atom stereocenters. The van der Waals surface area contributed by atoms with Gasteiger partial charge in [-0.3, -0.25) is 4.90 Å². The first-order chi connectivity index (χ1) is 13.1. The van der Waals surface area contributed by atoms with Gasteiger partial charge in [0.25, 0.3) is 10.2 Å². The lowest BCUT2D eigenvalue weighted by Gasteiger charge is -2.37. The molecule has 2 aromatic heterocycles. The molecule has 9 nitrogen and oxygen atoms in total. The molecule has 0 unspecified atom stereocenters. The van der Waals surface area contributed by atoms with Crippen LogP contribution in [0.25, 0.3) is 5.65 Å². The van der Waals surface area contributed by atoms with Crippen LogP contribution < -0.4 is 0 Å². The zero-order chi connectivity index (χ0) is 18.9. The van der Waals surface area contributed by atoms with E-state index in [2.05, 4.69) is 21.1 Å². The molecule has 2 aliphatic rings. The van der Waals surface area contributed by atoms with Crippen molar-refractivity contribution >= 4 is 15.9 Å². The van der Waals surface area contributed by atoms with E-state index in [0.717, 1.165) is 24.8 Å². The minimum atomic E-state index is -3.33. The van der Waals surface area contributed by atoms with Gasteiger partial charge in [-0.1, -0.05) is 6.42 Å². The number of piperidine rings is 1. The Balaban J connectivity index is 1.37. The zero-order valence-electron chi connectivity index (χ0n) is 15.2. The highest BCUT2D eigenvalue weighted by molar-refractivity contribution is 7.86. The van der Waals surface area contributed by atoms with Crippen molar-refractivity contribution in [2.45, 2.75) is 25.8 Å². The molecule has 0 radical (unpaired) electrons. The number of aromatic nitrogens is 3. The van der Waals surface area contributed by atoms with Gasteiger partial charge in [0.05, 0.1) is 6.20 Å². The number of piperazine rings is 1. The van der Waals surface area contributed by atoms with Gasteiger partial charge in [-0.25, -0.2) is 9.50 Å². The van der Waals surface area contributed by atoms with E-state index in [1.807, 2.05) is 6.20 Å². The molecule has 144 valence electrons. The Morgan fingerprint density at radius 2 is 1.70 bits per heavy atom. The summed E-state index contributed by atoms with van der Waals surface area (Å²) in [6.07, 6.45) is 8.17. The Kier molecular flexibility index (Phi) is 5.10. The fourth-order valence-corrected chi connectivity index (χ4v) is 5.38. The number of nitrogens with zero attached hydrogens (tertiary/aromatic N) is 7. The van der Waals surface area contributed by atoms with E-state index in [1.54, 1.807) is 19.3 Å². The molecule has 2 saturated heterocycles. The molecule has 0 N–H and O–H groups in total. The summed E-state index contributed by atoms with van der Waals surface area (Å²) < 4.78 is 30.4. The molecule has 4 rings (SSSR count). The van der Waals surface area contributed by atoms with E-state index in [4.69, 9.17) is 5.26 Å². The first kappa shape index (κ1) is 18.3. The van der Waals surface area contributed by atoms with Crippen LogP contribution >= 0.6 is 0 Å². The second-order valence-corrected chi connectivity index (χ2v) is 8.97. The molecule has 0 saturated carbocycles. The van der Waals surface area contributed by atoms with Gasteiger partial charge >= 0.3 is 0 Å². The molecule has 10 heteroatoms. The second-order valence-electron chi connectivity index (χ2n) is 7.04. The molecular weight excluding hydrogens is 366 g/mol. The van der Waals surface area contributed by atoms with E-state index >= 15 is 0 Å². The Morgan fingerprint density at radius 1 is 1.00 bits per heavy atom. The van der Waals surface area contributed by atoms with Crippen LogP contribution in [0, 0.1) is 11.3 Å². The van der Waals surface area contributed by atoms with Gasteiger partial charge in [0.15, 0.2) is 5.65 Å². The minimum absolute atomic E-state index is 0.457. The van der Waals surface area contributed by atoms with Gasteiger partial charge < -0.3 is 0 Å². The quantitative estimate of drug-likeness (QED) is 0.753. The number of fused-ring (bicyclic) bond motifs is 1. The maximum absolute atomic E-state index is 12.8. The third kappa shape index (κ3) is 3.68. The summed E-state index contributed by atoms with van der Waals surface area (Å²) in [6, 6.07) is 2.07. The molecule has 4 heterocycles. The SMILES string of the molecule is N#Cc1cnn2cc(CN3CCN(S(=O)(=O)N4CCCCC4)CC3)cnc12. The Labute approximate surface area is 159 Å². The average molecular weight is 389 g/mol. The third-order valence-corrected chi connectivity index (χ3v) is 7.27. The van der Waals surface area contributed by atoms with Crippen molar-refractivity contribution in [3.63, 3.8) is 0 Å². The van der Waals surface area contributed by atoms with Crippen molar-refractivity contribution in [3.8, 4) is 6.07 Å². The molecule has 0 aliphatic carbocycles. The number of hydrogen-bond acceptors (Lipinski definition) is 6. The van der Waals surface area contributed by atoms with Gasteiger partial charge in [-0.05, 0) is 12.8 Å². The minimum Gasteiger partial charge on any atom is -0.296 e. The molecule has 0 aromatic carbocycles. The summed E-state index contributed by atoms with van der Waals surface area (Å²) in [6.45, 7) is 4.36. The maximum atomic E-state index is 12.8. The number of nitriles is 1. The van der Waals surface area contributed by atoms with Crippen LogP contribution in [-0.2, 0) is 16.8 Å². The topological polar surface area (TPSA) is 97.8 Å². The van der Waals surface area contributed by atoms with Gasteiger partial charge in [-0.15, -0.1) is 0 Å². The van der Waals surface area contributed by atoms with Crippen LogP contribution in [0.2, 0.25) is 0 Å². The summed E-state index contributed by atoms with van der Waals surface area (Å²) >= 11 is 0. The van der Waals surface area contributed by atoms with E-state index in [0.29, 0.717) is 57.0 Å². The monoisotopic (exact) mass is 389 g/mol. The summed E-state index contributed by atoms with van der Waals surface area (Å²) in [5, 5.41) is 13.2. The van der Waals surface area contributed by atoms with Crippen molar-refractivity contribution in [1.29, 1.82) is 5.26 Å². The van der Waals surface area contributed by atoms with Crippen LogP contribution in [0.1, 0.15) is 30.4 Å². The maximum Gasteiger partial charge on any atom is 0.282 e. The standard InChI is InChI=1S/C17H23N7O2S/c18-10-16-12-20-24-14-15(11-19-17(16)24)13-21-6-8-23(9-7-21)27(25,26)22-4-2-1-3-5-22/h11-12,14H,1-9,13H2. The highest BCUT2D eigenvalue weighted by atomic mass is 32.2. The van der Waals surface area contributed by atoms with Crippen LogP contribution in [0.15, 0.2) is 18.6 Å². The lowest BCUT2D eigenvalue weighted by Crippen LogP contribution is -2.53. The Morgan fingerprint density at radius 3 is 2.41 bits per heavy atom. The largest absolute Gasteiger partial charge is 0.296 e. The summed E-state index contributed by atoms with van der Waals surface area (Å²) in [5.41, 5.74) is 2.00. The fraction of sp³-hybridized carbons (Fsp3) is 0.588. The normalized spacial score (nSPS) is 20.7. The Bertz CT molecular complexity index is 951. The van der Waals surface area contributed by atoms with Crippen molar-refractivity contribution in [3.05, 3.63) is 29.7 Å². The van der Waals surface area contributed by atoms with E-state index in [9.17, 15) is 8.42 Å². The summed E-state index contributed by atoms with van der Waals surface area (Å²) in [4.78, 5) is 6.55. The molecule has 0 bridgehead atoms. The van der Waals surface area contributed by atoms with Crippen LogP contribution in [0.3, 0.4) is 0 Å². The first-order valence-corrected chi connectivity index (χ1v) is 10.7. The second kappa shape index (κ2) is 7.52. The predicted octanol–water partition coefficient (Wildman–Crippen LogP) is 0.449. The van der Waals surface area contributed by atoms with Crippen molar-refractivity contribution in [2.24, 2.45) is 0 Å². The number of hydrogen-bond donors (Lipinski definition) is 0. The lowest BCUT2D eigenvalue weighted by atomic mass is 10.2. The van der Waals surface area contributed by atoms with Gasteiger partial charge in [0.1, 0.15) is 11.6 Å². The van der Waals surface area contributed by atoms with Gasteiger partial charge in [-0.2, -0.15) is 27.4 Å². The van der Waals surface area contributed by atoms with Gasteiger partial charge in [0, 0.05) is 63.8 Å². The van der Waals surface area contributed by atoms with Crippen molar-refractivity contribution in [1.82, 2.24) is 28.1 Å². The molecule has 2 aromatic rings. The van der Waals surface area contributed by atoms with Gasteiger partial charge in [0.2, 0.25) is 0 Å². The number of rotatable bonds is 4. The lowest BCUT2D eigenvalue weighted by molar-refractivity contribution is 0.172. The van der Waals surface area contributed by atoms with Crippen LogP contribution in [0.5, 0.6) is 0 Å². The smallest absolute Gasteiger partial charge is 0.282 e. The van der Waals surface area contributed by atoms with Crippen LogP contribution in [-0.4, -0.2) is 75.8 Å². The summed E-state index contributed by atoms with van der Waals surface area (Å²) in [7, 11) is -3.33. The first-order valence-electron chi connectivity index (χ1n) is 9.28. The Hall–Kier alpha value is -2.06. The highest BCUT2D eigenvalue weighted by Crippen LogP contribution is 2.19. The molecule has 2 fully saturated rings. The average Bonchev–Trinajstić information content (AvgIpc) is 3.11. The predicted molar refractivity (Wildman–Crippen MR) is 98.9 cm³/mol. The molecular formula is C17H23N7O2S. The zero-order valence-corrected chi connectivity index (χ0v) is 16.0. The molecule has 0 amide bonds. The van der Waals surface area contributed by atoms with E-state index in [1.165, 1.54) is 6.20 Å². The molecule has 0 spiro atoms. The van der Waals surface area contributed by atoms with Crippen molar-refractivity contribution < 1.29 is 8.42 Å². The van der Waals surface area contributed by atoms with Crippen LogP contribution in [0.4, 0.5) is 0 Å². The fourth-order valence-electron chi connectivity index (χ4n) is 3.71. The van der Waals surface area contributed by atoms with E-state index < -0.39 is 10.2 Å². The van der Waals surface area contributed by atoms with Crippen molar-refractivity contribution in [2.75, 3.05) is 39.3 Å². The molecule has 27 heavy (non-hydrogen) atoms. The summed E-state index contributed by atoms with van der Waals surface area (Å²) in [5.74, 6) is 0. The van der Waals surface area contributed by atoms with E-state index in [-0.39, 0.29) is 0 Å². The molecule has 2 aliphatic heterocycles.